The molecule has 0 rings (SSSR count). The van der Waals surface area contributed by atoms with E-state index in [1.807, 2.05) is 0 Å². The summed E-state index contributed by atoms with van der Waals surface area (Å²) in [5.41, 5.74) is 0. The van der Waals surface area contributed by atoms with Crippen LogP contribution in [0.25, 0.3) is 0 Å². The van der Waals surface area contributed by atoms with Crippen molar-refractivity contribution in [3.05, 3.63) is 0 Å². The molecule has 0 heterocycles. The summed E-state index contributed by atoms with van der Waals surface area (Å²) in [4.78, 5) is 3.69. The Hall–Kier alpha value is 0.887. The second-order valence-corrected chi connectivity index (χ2v) is 11.2. The van der Waals surface area contributed by atoms with Crippen molar-refractivity contribution in [3.63, 3.8) is 0 Å². The lowest BCUT2D eigenvalue weighted by molar-refractivity contribution is 0.932. The van der Waals surface area contributed by atoms with Crippen molar-refractivity contribution in [2.75, 3.05) is 6.54 Å². The molecule has 0 aromatic rings. The average Bonchev–Trinajstić information content (AvgIpc) is 1.78. The zero-order chi connectivity index (χ0) is 8.04. The first kappa shape index (κ1) is 10.9. The third-order valence-electron chi connectivity index (χ3n) is 0.795. The van der Waals surface area contributed by atoms with Crippen LogP contribution in [0.15, 0.2) is 4.99 Å². The highest BCUT2D eigenvalue weighted by Gasteiger charge is 2.23. The van der Waals surface area contributed by atoms with E-state index in [1.54, 1.807) is 0 Å². The normalized spacial score (nSPS) is 10.7. The molecule has 6 heteroatoms. The zero-order valence-electron chi connectivity index (χ0n) is 5.11. The number of hydrogen-bond donors (Lipinski definition) is 0. The fourth-order valence-corrected chi connectivity index (χ4v) is 2.26. The van der Waals surface area contributed by atoms with Crippen LogP contribution in [-0.4, -0.2) is 17.7 Å². The van der Waals surface area contributed by atoms with Crippen LogP contribution in [0.3, 0.4) is 0 Å². The first-order valence-corrected chi connectivity index (χ1v) is 8.32. The van der Waals surface area contributed by atoms with Crippen LogP contribution in [0.2, 0.25) is 6.04 Å². The van der Waals surface area contributed by atoms with Crippen LogP contribution in [-0.2, 0) is 0 Å². The zero-order valence-corrected chi connectivity index (χ0v) is 9.19. The highest BCUT2D eigenvalue weighted by Crippen LogP contribution is 2.26. The Morgan fingerprint density at radius 2 is 2.00 bits per heavy atom. The van der Waals surface area contributed by atoms with Crippen molar-refractivity contribution < 1.29 is 0 Å². The molecule has 0 amide bonds. The van der Waals surface area contributed by atoms with Crippen LogP contribution >= 0.6 is 45.5 Å². The van der Waals surface area contributed by atoms with Gasteiger partial charge in [0.2, 0.25) is 0 Å². The quantitative estimate of drug-likeness (QED) is 0.239. The molecule has 0 unspecified atom stereocenters. The van der Waals surface area contributed by atoms with Gasteiger partial charge in [-0.2, -0.15) is 0 Å². The molecule has 58 valence electrons. The Labute approximate surface area is 80.5 Å². The predicted molar refractivity (Wildman–Crippen MR) is 52.6 cm³/mol. The molecule has 0 saturated heterocycles. The van der Waals surface area contributed by atoms with Gasteiger partial charge in [-0.05, 0) is 24.7 Å². The minimum atomic E-state index is -2.41. The second kappa shape index (κ2) is 5.53. The van der Waals surface area contributed by atoms with Gasteiger partial charge in [0.1, 0.15) is 0 Å². The average molecular weight is 235 g/mol. The van der Waals surface area contributed by atoms with Crippen LogP contribution in [0, 0.1) is 0 Å². The third kappa shape index (κ3) is 8.89. The van der Waals surface area contributed by atoms with Gasteiger partial charge < -0.3 is 0 Å². The molecule has 0 fully saturated rings. The molecular formula is C4H6Cl3NSSi. The summed E-state index contributed by atoms with van der Waals surface area (Å²) in [6.45, 7) is 0.615. The topological polar surface area (TPSA) is 12.4 Å². The predicted octanol–water partition coefficient (Wildman–Crippen LogP) is 3.13. The Kier molecular flexibility index (Phi) is 6.02. The minimum absolute atomic E-state index is 0.615. The van der Waals surface area contributed by atoms with Gasteiger partial charge in [0.15, 0.2) is 0 Å². The largest absolute Gasteiger partial charge is 0.341 e. The molecule has 0 bridgehead atoms. The van der Waals surface area contributed by atoms with Crippen LogP contribution < -0.4 is 0 Å². The Bertz CT molecular complexity index is 140. The Morgan fingerprint density at radius 3 is 2.40 bits per heavy atom. The summed E-state index contributed by atoms with van der Waals surface area (Å²) >= 11 is 21.1. The second-order valence-electron chi connectivity index (χ2n) is 1.69. The number of rotatable bonds is 4. The molecule has 0 atom stereocenters. The number of isothiocyanates is 1. The molecule has 0 aliphatic heterocycles. The standard InChI is InChI=1S/C4H6Cl3NSSi/c5-10(6,7)3-1-2-8-4-9/h1-3H2. The number of aliphatic imine (C=N–C) groups is 1. The Morgan fingerprint density at radius 1 is 1.40 bits per heavy atom. The van der Waals surface area contributed by atoms with E-state index in [0.29, 0.717) is 12.6 Å². The first-order valence-electron chi connectivity index (χ1n) is 2.66. The number of hydrogen-bond acceptors (Lipinski definition) is 2. The summed E-state index contributed by atoms with van der Waals surface area (Å²) in [6.07, 6.45) is 0.784. The van der Waals surface area contributed by atoms with E-state index < -0.39 is 6.00 Å². The van der Waals surface area contributed by atoms with E-state index >= 15 is 0 Å². The lowest BCUT2D eigenvalue weighted by Gasteiger charge is -2.03. The number of nitrogens with zero attached hydrogens (tertiary/aromatic N) is 1. The van der Waals surface area contributed by atoms with Gasteiger partial charge in [-0.1, -0.05) is 0 Å². The molecule has 0 spiro atoms. The lowest BCUT2D eigenvalue weighted by atomic mass is 10.5. The first-order chi connectivity index (χ1) is 4.56. The van der Waals surface area contributed by atoms with Crippen molar-refractivity contribution in [2.45, 2.75) is 12.5 Å². The van der Waals surface area contributed by atoms with Crippen LogP contribution in [0.4, 0.5) is 0 Å². The molecule has 0 aromatic carbocycles. The third-order valence-corrected chi connectivity index (χ3v) is 3.55. The highest BCUT2D eigenvalue weighted by molar-refractivity contribution is 7.78. The molecule has 0 aliphatic rings. The molecule has 1 nitrogen and oxygen atoms in total. The summed E-state index contributed by atoms with van der Waals surface area (Å²) < 4.78 is 0. The van der Waals surface area contributed by atoms with Crippen molar-refractivity contribution in [2.24, 2.45) is 4.99 Å². The maximum atomic E-state index is 5.59. The summed E-state index contributed by atoms with van der Waals surface area (Å²) in [6, 6.07) is -1.78. The molecular weight excluding hydrogens is 229 g/mol. The maximum absolute atomic E-state index is 5.59. The van der Waals surface area contributed by atoms with Crippen molar-refractivity contribution >= 4 is 56.6 Å². The van der Waals surface area contributed by atoms with E-state index in [0.717, 1.165) is 6.42 Å². The maximum Gasteiger partial charge on any atom is 0.341 e. The number of thiocarbonyl (C=S) groups is 1. The van der Waals surface area contributed by atoms with E-state index in [1.165, 1.54) is 0 Å². The van der Waals surface area contributed by atoms with E-state index in [9.17, 15) is 0 Å². The lowest BCUT2D eigenvalue weighted by Crippen LogP contribution is -2.08. The minimum Gasteiger partial charge on any atom is -0.233 e. The van der Waals surface area contributed by atoms with Crippen molar-refractivity contribution in [1.82, 2.24) is 0 Å². The van der Waals surface area contributed by atoms with Crippen molar-refractivity contribution in [1.29, 1.82) is 0 Å². The van der Waals surface area contributed by atoms with Gasteiger partial charge >= 0.3 is 6.00 Å². The summed E-state index contributed by atoms with van der Waals surface area (Å²) in [5, 5.41) is 2.25. The van der Waals surface area contributed by atoms with Crippen LogP contribution in [0.1, 0.15) is 6.42 Å². The molecule has 0 N–H and O–H groups in total. The molecule has 0 aromatic heterocycles. The van der Waals surface area contributed by atoms with E-state index in [-0.39, 0.29) is 0 Å². The summed E-state index contributed by atoms with van der Waals surface area (Å²) in [5.74, 6) is 0. The fourth-order valence-electron chi connectivity index (χ4n) is 0.404. The molecule has 10 heavy (non-hydrogen) atoms. The SMILES string of the molecule is S=C=NCCC[Si](Cl)(Cl)Cl. The van der Waals surface area contributed by atoms with E-state index in [2.05, 4.69) is 22.4 Å². The smallest absolute Gasteiger partial charge is 0.233 e. The molecule has 0 radical (unpaired) electrons. The monoisotopic (exact) mass is 233 g/mol. The molecule has 0 saturated carbocycles. The van der Waals surface area contributed by atoms with Crippen LogP contribution in [0.5, 0.6) is 0 Å². The van der Waals surface area contributed by atoms with Gasteiger partial charge in [0.05, 0.1) is 5.16 Å². The van der Waals surface area contributed by atoms with E-state index in [4.69, 9.17) is 33.2 Å². The van der Waals surface area contributed by atoms with Gasteiger partial charge in [-0.15, -0.1) is 33.2 Å². The van der Waals surface area contributed by atoms with Crippen molar-refractivity contribution in [3.8, 4) is 0 Å². The van der Waals surface area contributed by atoms with Gasteiger partial charge in [0.25, 0.3) is 0 Å². The summed E-state index contributed by atoms with van der Waals surface area (Å²) in [7, 11) is 0. The van der Waals surface area contributed by atoms with Gasteiger partial charge in [0, 0.05) is 6.54 Å². The number of halogens is 3. The van der Waals surface area contributed by atoms with Gasteiger partial charge in [-0.3, -0.25) is 0 Å². The van der Waals surface area contributed by atoms with Gasteiger partial charge in [-0.25, -0.2) is 4.99 Å². The fraction of sp³-hybridized carbons (Fsp3) is 0.750. The highest BCUT2D eigenvalue weighted by atomic mass is 35.8. The Balaban J connectivity index is 3.28. The molecule has 0 aliphatic carbocycles.